The number of piperazine rings is 1. The SMILES string of the molecule is Cc1ccccc1CN1CCN(C(=O)c2ccc(S(=O)(=O)N3CCCCCC3)cc2)CC1. The van der Waals surface area contributed by atoms with Gasteiger partial charge >= 0.3 is 0 Å². The van der Waals surface area contributed by atoms with Gasteiger partial charge in [-0.2, -0.15) is 4.31 Å². The Hall–Kier alpha value is -2.22. The number of hydrogen-bond acceptors (Lipinski definition) is 4. The minimum Gasteiger partial charge on any atom is -0.336 e. The van der Waals surface area contributed by atoms with Gasteiger partial charge in [-0.15, -0.1) is 0 Å². The van der Waals surface area contributed by atoms with Crippen LogP contribution in [0.25, 0.3) is 0 Å². The van der Waals surface area contributed by atoms with Crippen molar-refractivity contribution in [2.24, 2.45) is 0 Å². The zero-order chi connectivity index (χ0) is 22.6. The van der Waals surface area contributed by atoms with Crippen molar-refractivity contribution in [3.05, 3.63) is 65.2 Å². The molecule has 6 nitrogen and oxygen atoms in total. The number of carbonyl (C=O) groups excluding carboxylic acids is 1. The lowest BCUT2D eigenvalue weighted by atomic mass is 10.1. The summed E-state index contributed by atoms with van der Waals surface area (Å²) < 4.78 is 27.5. The Morgan fingerprint density at radius 3 is 2.06 bits per heavy atom. The maximum absolute atomic E-state index is 13.0. The first-order chi connectivity index (χ1) is 15.4. The summed E-state index contributed by atoms with van der Waals surface area (Å²) in [6, 6.07) is 14.9. The highest BCUT2D eigenvalue weighted by molar-refractivity contribution is 7.89. The molecule has 0 saturated carbocycles. The molecule has 1 amide bonds. The molecule has 32 heavy (non-hydrogen) atoms. The number of carbonyl (C=O) groups is 1. The lowest BCUT2D eigenvalue weighted by molar-refractivity contribution is 0.0628. The van der Waals surface area contributed by atoms with Gasteiger partial charge < -0.3 is 4.90 Å². The van der Waals surface area contributed by atoms with E-state index in [0.717, 1.165) is 45.3 Å². The van der Waals surface area contributed by atoms with E-state index >= 15 is 0 Å². The number of amides is 1. The summed E-state index contributed by atoms with van der Waals surface area (Å²) in [7, 11) is -3.49. The number of nitrogens with zero attached hydrogens (tertiary/aromatic N) is 3. The summed E-state index contributed by atoms with van der Waals surface area (Å²) in [4.78, 5) is 17.5. The molecule has 2 aromatic carbocycles. The van der Waals surface area contributed by atoms with Crippen molar-refractivity contribution in [2.75, 3.05) is 39.3 Å². The Kier molecular flexibility index (Phi) is 7.28. The minimum atomic E-state index is -3.49. The number of benzene rings is 2. The molecule has 0 bridgehead atoms. The molecule has 2 aromatic rings. The van der Waals surface area contributed by atoms with Crippen molar-refractivity contribution in [3.63, 3.8) is 0 Å². The zero-order valence-electron chi connectivity index (χ0n) is 18.9. The van der Waals surface area contributed by atoms with E-state index in [1.54, 1.807) is 28.6 Å². The first kappa shape index (κ1) is 23.0. The molecule has 0 unspecified atom stereocenters. The molecule has 2 saturated heterocycles. The van der Waals surface area contributed by atoms with E-state index in [0.29, 0.717) is 31.7 Å². The highest BCUT2D eigenvalue weighted by Crippen LogP contribution is 2.21. The van der Waals surface area contributed by atoms with Crippen LogP contribution in [-0.4, -0.2) is 67.7 Å². The van der Waals surface area contributed by atoms with Crippen molar-refractivity contribution in [1.29, 1.82) is 0 Å². The molecule has 172 valence electrons. The molecular weight excluding hydrogens is 422 g/mol. The van der Waals surface area contributed by atoms with Crippen LogP contribution in [0.15, 0.2) is 53.4 Å². The lowest BCUT2D eigenvalue weighted by Crippen LogP contribution is -2.48. The summed E-state index contributed by atoms with van der Waals surface area (Å²) in [5.41, 5.74) is 3.17. The Bertz CT molecular complexity index is 1020. The molecule has 0 aromatic heterocycles. The number of aryl methyl sites for hydroxylation is 1. The first-order valence-electron chi connectivity index (χ1n) is 11.6. The van der Waals surface area contributed by atoms with Gasteiger partial charge in [0, 0.05) is 51.4 Å². The Morgan fingerprint density at radius 1 is 0.812 bits per heavy atom. The number of sulfonamides is 1. The van der Waals surface area contributed by atoms with E-state index < -0.39 is 10.0 Å². The van der Waals surface area contributed by atoms with Crippen molar-refractivity contribution in [3.8, 4) is 0 Å². The predicted molar refractivity (Wildman–Crippen MR) is 126 cm³/mol. The van der Waals surface area contributed by atoms with Crippen LogP contribution >= 0.6 is 0 Å². The van der Waals surface area contributed by atoms with Crippen LogP contribution in [0.1, 0.15) is 47.2 Å². The van der Waals surface area contributed by atoms with Gasteiger partial charge in [0.05, 0.1) is 4.90 Å². The second-order valence-corrected chi connectivity index (χ2v) is 10.8. The summed E-state index contributed by atoms with van der Waals surface area (Å²) in [6.45, 7) is 7.22. The molecule has 0 aliphatic carbocycles. The van der Waals surface area contributed by atoms with Gasteiger partial charge in [0.25, 0.3) is 5.91 Å². The first-order valence-corrected chi connectivity index (χ1v) is 13.1. The van der Waals surface area contributed by atoms with E-state index in [-0.39, 0.29) is 10.8 Å². The predicted octanol–water partition coefficient (Wildman–Crippen LogP) is 3.52. The van der Waals surface area contributed by atoms with Gasteiger partial charge in [-0.3, -0.25) is 9.69 Å². The zero-order valence-corrected chi connectivity index (χ0v) is 19.7. The fourth-order valence-corrected chi connectivity index (χ4v) is 6.04. The van der Waals surface area contributed by atoms with E-state index in [1.807, 2.05) is 4.90 Å². The quantitative estimate of drug-likeness (QED) is 0.692. The van der Waals surface area contributed by atoms with Crippen molar-refractivity contribution in [2.45, 2.75) is 44.0 Å². The Labute approximate surface area is 191 Å². The molecule has 2 heterocycles. The molecule has 0 atom stereocenters. The largest absolute Gasteiger partial charge is 0.336 e. The molecule has 7 heteroatoms. The van der Waals surface area contributed by atoms with Crippen LogP contribution in [0.2, 0.25) is 0 Å². The topological polar surface area (TPSA) is 60.9 Å². The summed E-state index contributed by atoms with van der Waals surface area (Å²) in [5.74, 6) is -0.0285. The molecule has 2 aliphatic heterocycles. The third-order valence-electron chi connectivity index (χ3n) is 6.62. The average Bonchev–Trinajstić information content (AvgIpc) is 3.11. The molecule has 0 N–H and O–H groups in total. The maximum Gasteiger partial charge on any atom is 0.253 e. The molecular formula is C25H33N3O3S. The van der Waals surface area contributed by atoms with Gasteiger partial charge in [-0.05, 0) is 55.2 Å². The van der Waals surface area contributed by atoms with Crippen LogP contribution < -0.4 is 0 Å². The second kappa shape index (κ2) is 10.1. The minimum absolute atomic E-state index is 0.0285. The van der Waals surface area contributed by atoms with Crippen molar-refractivity contribution < 1.29 is 13.2 Å². The third kappa shape index (κ3) is 5.22. The number of hydrogen-bond donors (Lipinski definition) is 0. The Morgan fingerprint density at radius 2 is 1.44 bits per heavy atom. The van der Waals surface area contributed by atoms with E-state index in [2.05, 4.69) is 36.1 Å². The lowest BCUT2D eigenvalue weighted by Gasteiger charge is -2.35. The smallest absolute Gasteiger partial charge is 0.253 e. The molecule has 2 aliphatic rings. The third-order valence-corrected chi connectivity index (χ3v) is 8.53. The standard InChI is InChI=1S/C25H33N3O3S/c1-21-8-4-5-9-23(21)20-26-16-18-27(19-17-26)25(29)22-10-12-24(13-11-22)32(30,31)28-14-6-2-3-7-15-28/h4-5,8-13H,2-3,6-7,14-20H2,1H3. The van der Waals surface area contributed by atoms with Crippen LogP contribution in [0, 0.1) is 6.92 Å². The number of rotatable bonds is 5. The highest BCUT2D eigenvalue weighted by Gasteiger charge is 2.26. The van der Waals surface area contributed by atoms with Gasteiger partial charge in [-0.1, -0.05) is 37.1 Å². The Balaban J connectivity index is 1.35. The average molecular weight is 456 g/mol. The van der Waals surface area contributed by atoms with Crippen LogP contribution in [0.3, 0.4) is 0 Å². The molecule has 2 fully saturated rings. The van der Waals surface area contributed by atoms with Crippen LogP contribution in [-0.2, 0) is 16.6 Å². The monoisotopic (exact) mass is 455 g/mol. The molecule has 0 spiro atoms. The molecule has 0 radical (unpaired) electrons. The van der Waals surface area contributed by atoms with E-state index in [9.17, 15) is 13.2 Å². The van der Waals surface area contributed by atoms with Gasteiger partial charge in [0.15, 0.2) is 0 Å². The molecule has 4 rings (SSSR count). The van der Waals surface area contributed by atoms with E-state index in [1.165, 1.54) is 11.1 Å². The summed E-state index contributed by atoms with van der Waals surface area (Å²) in [5, 5.41) is 0. The summed E-state index contributed by atoms with van der Waals surface area (Å²) in [6.07, 6.45) is 3.98. The highest BCUT2D eigenvalue weighted by atomic mass is 32.2. The second-order valence-electron chi connectivity index (χ2n) is 8.84. The van der Waals surface area contributed by atoms with Gasteiger partial charge in [0.2, 0.25) is 10.0 Å². The van der Waals surface area contributed by atoms with Crippen LogP contribution in [0.5, 0.6) is 0 Å². The summed E-state index contributed by atoms with van der Waals surface area (Å²) >= 11 is 0. The fraction of sp³-hybridized carbons (Fsp3) is 0.480. The van der Waals surface area contributed by atoms with Crippen LogP contribution in [0.4, 0.5) is 0 Å². The van der Waals surface area contributed by atoms with Crippen molar-refractivity contribution >= 4 is 15.9 Å². The fourth-order valence-electron chi connectivity index (χ4n) is 4.52. The van der Waals surface area contributed by atoms with Gasteiger partial charge in [-0.25, -0.2) is 8.42 Å². The maximum atomic E-state index is 13.0. The van der Waals surface area contributed by atoms with E-state index in [4.69, 9.17) is 0 Å². The van der Waals surface area contributed by atoms with Gasteiger partial charge in [0.1, 0.15) is 0 Å². The van der Waals surface area contributed by atoms with Crippen molar-refractivity contribution in [1.82, 2.24) is 14.1 Å². The normalized spacial score (nSPS) is 19.0.